The number of fused-ring (bicyclic) bond motifs is 1. The van der Waals surface area contributed by atoms with Gasteiger partial charge >= 0.3 is 0 Å². The first-order valence-electron chi connectivity index (χ1n) is 11.7. The summed E-state index contributed by atoms with van der Waals surface area (Å²) in [6, 6.07) is 9.57. The minimum absolute atomic E-state index is 0.0229. The standard InChI is InChI=1S/C25H30N2O4S/c28-23(18-10-11-21-22(15-18)31-17-30-21)27(16-20-9-6-14-32-20)25(12-4-1-5-13-25)24(29)26-19-7-2-3-8-19/h6,9-11,14-15,19H,1-5,7-8,12-13,16-17H2,(H,26,29). The molecule has 0 unspecified atom stereocenters. The molecule has 2 heterocycles. The molecule has 1 N–H and O–H groups in total. The molecule has 2 fully saturated rings. The Morgan fingerprint density at radius 2 is 1.81 bits per heavy atom. The number of amides is 2. The third-order valence-corrected chi connectivity index (χ3v) is 7.93. The molecule has 1 aromatic carbocycles. The number of hydrogen-bond donors (Lipinski definition) is 1. The Hall–Kier alpha value is -2.54. The van der Waals surface area contributed by atoms with Gasteiger partial charge in [0.1, 0.15) is 5.54 Å². The fraction of sp³-hybridized carbons (Fsp3) is 0.520. The summed E-state index contributed by atoms with van der Waals surface area (Å²) < 4.78 is 10.9. The van der Waals surface area contributed by atoms with Crippen molar-refractivity contribution in [3.63, 3.8) is 0 Å². The Kier molecular flexibility index (Phi) is 6.09. The fourth-order valence-electron chi connectivity index (χ4n) is 5.31. The zero-order valence-electron chi connectivity index (χ0n) is 18.3. The number of ether oxygens (including phenoxy) is 2. The van der Waals surface area contributed by atoms with Crippen LogP contribution in [0.2, 0.25) is 0 Å². The molecule has 5 rings (SSSR count). The second-order valence-corrected chi connectivity index (χ2v) is 10.1. The minimum Gasteiger partial charge on any atom is -0.454 e. The Bertz CT molecular complexity index is 962. The van der Waals surface area contributed by atoms with Crippen molar-refractivity contribution in [2.24, 2.45) is 0 Å². The van der Waals surface area contributed by atoms with Crippen LogP contribution in [0.3, 0.4) is 0 Å². The summed E-state index contributed by atoms with van der Waals surface area (Å²) in [6.45, 7) is 0.600. The van der Waals surface area contributed by atoms with Crippen LogP contribution in [-0.4, -0.2) is 35.1 Å². The van der Waals surface area contributed by atoms with Crippen molar-refractivity contribution in [2.45, 2.75) is 75.9 Å². The average Bonchev–Trinajstić information content (AvgIpc) is 3.60. The highest BCUT2D eigenvalue weighted by Crippen LogP contribution is 2.39. The first kappa shape index (κ1) is 21.3. The molecular formula is C25H30N2O4S. The smallest absolute Gasteiger partial charge is 0.255 e. The van der Waals surface area contributed by atoms with Gasteiger partial charge < -0.3 is 19.7 Å². The molecule has 2 amide bonds. The SMILES string of the molecule is O=C(c1ccc2c(c1)OCO2)N(Cc1cccs1)C1(C(=O)NC2CCCC2)CCCCC1. The van der Waals surface area contributed by atoms with Gasteiger partial charge in [0.05, 0.1) is 6.54 Å². The number of hydrogen-bond acceptors (Lipinski definition) is 5. The number of benzene rings is 1. The van der Waals surface area contributed by atoms with Crippen LogP contribution >= 0.6 is 11.3 Å². The van der Waals surface area contributed by atoms with Crippen molar-refractivity contribution in [1.82, 2.24) is 10.2 Å². The number of thiophene rings is 1. The Labute approximate surface area is 192 Å². The number of carbonyl (C=O) groups is 2. The highest BCUT2D eigenvalue weighted by atomic mass is 32.1. The predicted molar refractivity (Wildman–Crippen MR) is 123 cm³/mol. The minimum atomic E-state index is -0.821. The molecule has 6 nitrogen and oxygen atoms in total. The second-order valence-electron chi connectivity index (χ2n) is 9.09. The Morgan fingerprint density at radius 3 is 2.56 bits per heavy atom. The molecule has 0 saturated heterocycles. The van der Waals surface area contributed by atoms with E-state index in [2.05, 4.69) is 5.32 Å². The van der Waals surface area contributed by atoms with Crippen LogP contribution in [-0.2, 0) is 11.3 Å². The lowest BCUT2D eigenvalue weighted by Gasteiger charge is -2.45. The van der Waals surface area contributed by atoms with E-state index in [0.29, 0.717) is 36.4 Å². The van der Waals surface area contributed by atoms with Gasteiger partial charge in [-0.3, -0.25) is 9.59 Å². The fourth-order valence-corrected chi connectivity index (χ4v) is 6.00. The average molecular weight is 455 g/mol. The zero-order chi connectivity index (χ0) is 22.0. The van der Waals surface area contributed by atoms with Crippen molar-refractivity contribution >= 4 is 23.2 Å². The van der Waals surface area contributed by atoms with Crippen LogP contribution in [0, 0.1) is 0 Å². The van der Waals surface area contributed by atoms with Crippen LogP contribution in [0.4, 0.5) is 0 Å². The van der Waals surface area contributed by atoms with Crippen LogP contribution in [0.15, 0.2) is 35.7 Å². The summed E-state index contributed by atoms with van der Waals surface area (Å²) in [5, 5.41) is 5.34. The topological polar surface area (TPSA) is 67.9 Å². The van der Waals surface area contributed by atoms with E-state index in [9.17, 15) is 9.59 Å². The van der Waals surface area contributed by atoms with Gasteiger partial charge in [0.2, 0.25) is 12.7 Å². The van der Waals surface area contributed by atoms with Crippen LogP contribution in [0.1, 0.15) is 73.0 Å². The summed E-state index contributed by atoms with van der Waals surface area (Å²) in [6.07, 6.45) is 8.79. The number of carbonyl (C=O) groups excluding carboxylic acids is 2. The summed E-state index contributed by atoms with van der Waals surface area (Å²) in [7, 11) is 0. The first-order valence-corrected chi connectivity index (χ1v) is 12.6. The largest absolute Gasteiger partial charge is 0.454 e. The number of rotatable bonds is 6. The maximum Gasteiger partial charge on any atom is 0.255 e. The molecule has 2 saturated carbocycles. The second kappa shape index (κ2) is 9.14. The maximum absolute atomic E-state index is 14.0. The summed E-state index contributed by atoms with van der Waals surface area (Å²) >= 11 is 1.62. The molecule has 3 aliphatic rings. The highest BCUT2D eigenvalue weighted by molar-refractivity contribution is 7.09. The van der Waals surface area contributed by atoms with Gasteiger partial charge in [-0.2, -0.15) is 0 Å². The van der Waals surface area contributed by atoms with Crippen LogP contribution < -0.4 is 14.8 Å². The monoisotopic (exact) mass is 454 g/mol. The van der Waals surface area contributed by atoms with Crippen molar-refractivity contribution in [2.75, 3.05) is 6.79 Å². The molecule has 7 heteroatoms. The van der Waals surface area contributed by atoms with Gasteiger partial charge in [-0.05, 0) is 55.3 Å². The molecule has 0 spiro atoms. The van der Waals surface area contributed by atoms with Crippen LogP contribution in [0.5, 0.6) is 11.5 Å². The maximum atomic E-state index is 14.0. The molecular weight excluding hydrogens is 424 g/mol. The van der Waals surface area contributed by atoms with Gasteiger partial charge in [0.15, 0.2) is 11.5 Å². The molecule has 0 bridgehead atoms. The quantitative estimate of drug-likeness (QED) is 0.675. The lowest BCUT2D eigenvalue weighted by molar-refractivity contribution is -0.135. The summed E-state index contributed by atoms with van der Waals surface area (Å²) in [4.78, 5) is 30.7. The van der Waals surface area contributed by atoms with Crippen LogP contribution in [0.25, 0.3) is 0 Å². The molecule has 0 atom stereocenters. The Balaban J connectivity index is 1.50. The number of nitrogens with zero attached hydrogens (tertiary/aromatic N) is 1. The predicted octanol–water partition coefficient (Wildman–Crippen LogP) is 4.88. The van der Waals surface area contributed by atoms with Gasteiger partial charge in [-0.15, -0.1) is 11.3 Å². The lowest BCUT2D eigenvalue weighted by atomic mass is 9.78. The van der Waals surface area contributed by atoms with E-state index < -0.39 is 5.54 Å². The summed E-state index contributed by atoms with van der Waals surface area (Å²) in [5.41, 5.74) is -0.289. The van der Waals surface area contributed by atoms with Crippen molar-refractivity contribution in [3.8, 4) is 11.5 Å². The molecule has 1 aliphatic heterocycles. The van der Waals surface area contributed by atoms with E-state index in [0.717, 1.165) is 49.8 Å². The zero-order valence-corrected chi connectivity index (χ0v) is 19.1. The normalized spacial score (nSPS) is 19.6. The summed E-state index contributed by atoms with van der Waals surface area (Å²) in [5.74, 6) is 1.13. The molecule has 32 heavy (non-hydrogen) atoms. The van der Waals surface area contributed by atoms with Crippen molar-refractivity contribution in [1.29, 1.82) is 0 Å². The van der Waals surface area contributed by atoms with Crippen molar-refractivity contribution in [3.05, 3.63) is 46.2 Å². The van der Waals surface area contributed by atoms with Gasteiger partial charge in [-0.1, -0.05) is 38.2 Å². The van der Waals surface area contributed by atoms with Gasteiger partial charge in [-0.25, -0.2) is 0 Å². The first-order chi connectivity index (χ1) is 15.7. The van der Waals surface area contributed by atoms with Gasteiger partial charge in [0.25, 0.3) is 5.91 Å². The van der Waals surface area contributed by atoms with E-state index in [1.807, 2.05) is 22.4 Å². The van der Waals surface area contributed by atoms with E-state index in [1.165, 1.54) is 0 Å². The van der Waals surface area contributed by atoms with E-state index in [4.69, 9.17) is 9.47 Å². The van der Waals surface area contributed by atoms with E-state index >= 15 is 0 Å². The Morgan fingerprint density at radius 1 is 1.03 bits per heavy atom. The third kappa shape index (κ3) is 4.10. The molecule has 1 aromatic heterocycles. The molecule has 170 valence electrons. The van der Waals surface area contributed by atoms with Crippen molar-refractivity contribution < 1.29 is 19.1 Å². The molecule has 2 aromatic rings. The van der Waals surface area contributed by atoms with Gasteiger partial charge in [0, 0.05) is 16.5 Å². The van der Waals surface area contributed by atoms with E-state index in [1.54, 1.807) is 29.5 Å². The number of nitrogens with one attached hydrogen (secondary N) is 1. The molecule has 0 radical (unpaired) electrons. The third-order valence-electron chi connectivity index (χ3n) is 7.07. The molecule has 2 aliphatic carbocycles. The van der Waals surface area contributed by atoms with E-state index in [-0.39, 0.29) is 24.6 Å². The highest BCUT2D eigenvalue weighted by Gasteiger charge is 2.48. The lowest BCUT2D eigenvalue weighted by Crippen LogP contribution is -2.62.